The standard InChI is InChI=1S/C22H28N2O2/c1-15-11-16(2)13-18(12-15)23-21(26)14-24(17(3)25)20-10-8-7-9-19(20)22(4,5)6/h7-13H,14H2,1-6H3,(H,23,26). The minimum absolute atomic E-state index is 0.0184. The molecule has 26 heavy (non-hydrogen) atoms. The van der Waals surface area contributed by atoms with Crippen molar-refractivity contribution in [2.24, 2.45) is 0 Å². The highest BCUT2D eigenvalue weighted by atomic mass is 16.2. The first-order valence-corrected chi connectivity index (χ1v) is 8.83. The number of amides is 2. The zero-order valence-corrected chi connectivity index (χ0v) is 16.5. The third-order valence-electron chi connectivity index (χ3n) is 4.19. The van der Waals surface area contributed by atoms with Crippen LogP contribution in [0.5, 0.6) is 0 Å². The quantitative estimate of drug-likeness (QED) is 0.875. The van der Waals surface area contributed by atoms with Gasteiger partial charge in [-0.3, -0.25) is 9.59 Å². The van der Waals surface area contributed by atoms with E-state index in [-0.39, 0.29) is 23.8 Å². The van der Waals surface area contributed by atoms with Crippen LogP contribution in [-0.4, -0.2) is 18.4 Å². The van der Waals surface area contributed by atoms with Crippen LogP contribution in [0.1, 0.15) is 44.4 Å². The highest BCUT2D eigenvalue weighted by molar-refractivity contribution is 6.02. The first kappa shape index (κ1) is 19.7. The molecule has 0 bridgehead atoms. The Labute approximate surface area is 156 Å². The molecule has 0 fully saturated rings. The summed E-state index contributed by atoms with van der Waals surface area (Å²) >= 11 is 0. The molecule has 2 aromatic rings. The van der Waals surface area contributed by atoms with E-state index in [2.05, 4.69) is 32.2 Å². The number of carbonyl (C=O) groups excluding carboxylic acids is 2. The molecule has 0 aliphatic heterocycles. The predicted molar refractivity (Wildman–Crippen MR) is 108 cm³/mol. The molecule has 0 spiro atoms. The van der Waals surface area contributed by atoms with Gasteiger partial charge in [0.2, 0.25) is 11.8 Å². The second-order valence-electron chi connectivity index (χ2n) is 7.80. The summed E-state index contributed by atoms with van der Waals surface area (Å²) in [5.41, 5.74) is 4.61. The Morgan fingerprint density at radius 2 is 1.58 bits per heavy atom. The monoisotopic (exact) mass is 352 g/mol. The maximum Gasteiger partial charge on any atom is 0.244 e. The first-order chi connectivity index (χ1) is 12.1. The van der Waals surface area contributed by atoms with Crippen LogP contribution in [0.3, 0.4) is 0 Å². The molecule has 0 saturated heterocycles. The van der Waals surface area contributed by atoms with Gasteiger partial charge < -0.3 is 10.2 Å². The Bertz CT molecular complexity index is 799. The number of benzene rings is 2. The molecule has 0 unspecified atom stereocenters. The molecule has 2 rings (SSSR count). The van der Waals surface area contributed by atoms with Gasteiger partial charge in [0, 0.05) is 18.3 Å². The molecule has 0 aliphatic rings. The van der Waals surface area contributed by atoms with Crippen molar-refractivity contribution >= 4 is 23.2 Å². The molecule has 0 aromatic heterocycles. The number of aryl methyl sites for hydroxylation is 2. The maximum atomic E-state index is 12.6. The summed E-state index contributed by atoms with van der Waals surface area (Å²) in [5.74, 6) is -0.369. The molecular formula is C22H28N2O2. The van der Waals surface area contributed by atoms with Crippen molar-refractivity contribution in [1.29, 1.82) is 0 Å². The van der Waals surface area contributed by atoms with Crippen LogP contribution in [0.2, 0.25) is 0 Å². The van der Waals surface area contributed by atoms with Crippen LogP contribution in [0.25, 0.3) is 0 Å². The van der Waals surface area contributed by atoms with Crippen LogP contribution in [0, 0.1) is 13.8 Å². The number of hydrogen-bond donors (Lipinski definition) is 1. The third-order valence-corrected chi connectivity index (χ3v) is 4.19. The maximum absolute atomic E-state index is 12.6. The second kappa shape index (κ2) is 7.73. The average molecular weight is 352 g/mol. The average Bonchev–Trinajstić information content (AvgIpc) is 2.50. The van der Waals surface area contributed by atoms with Gasteiger partial charge in [-0.1, -0.05) is 45.0 Å². The van der Waals surface area contributed by atoms with Gasteiger partial charge in [-0.25, -0.2) is 0 Å². The van der Waals surface area contributed by atoms with E-state index in [4.69, 9.17) is 0 Å². The molecule has 0 heterocycles. The van der Waals surface area contributed by atoms with Crippen LogP contribution < -0.4 is 10.2 Å². The second-order valence-corrected chi connectivity index (χ2v) is 7.80. The lowest BCUT2D eigenvalue weighted by molar-refractivity contribution is -0.120. The lowest BCUT2D eigenvalue weighted by Crippen LogP contribution is -2.38. The Kier molecular flexibility index (Phi) is 5.86. The van der Waals surface area contributed by atoms with Crippen LogP contribution in [-0.2, 0) is 15.0 Å². The topological polar surface area (TPSA) is 49.4 Å². The number of rotatable bonds is 4. The highest BCUT2D eigenvalue weighted by Crippen LogP contribution is 2.32. The van der Waals surface area contributed by atoms with Gasteiger partial charge in [0.15, 0.2) is 0 Å². The molecule has 0 radical (unpaired) electrons. The molecule has 4 nitrogen and oxygen atoms in total. The van der Waals surface area contributed by atoms with E-state index >= 15 is 0 Å². The molecule has 1 N–H and O–H groups in total. The third kappa shape index (κ3) is 4.94. The van der Waals surface area contributed by atoms with Gasteiger partial charge >= 0.3 is 0 Å². The predicted octanol–water partition coefficient (Wildman–Crippen LogP) is 4.59. The number of hydrogen-bond acceptors (Lipinski definition) is 2. The van der Waals surface area contributed by atoms with Gasteiger partial charge in [-0.05, 0) is 54.2 Å². The van der Waals surface area contributed by atoms with E-state index in [0.717, 1.165) is 28.1 Å². The van der Waals surface area contributed by atoms with Crippen molar-refractivity contribution in [1.82, 2.24) is 0 Å². The number of nitrogens with one attached hydrogen (secondary N) is 1. The summed E-state index contributed by atoms with van der Waals surface area (Å²) in [5, 5.41) is 2.90. The molecule has 2 amide bonds. The smallest absolute Gasteiger partial charge is 0.244 e. The summed E-state index contributed by atoms with van der Waals surface area (Å²) in [4.78, 5) is 26.4. The van der Waals surface area contributed by atoms with Crippen molar-refractivity contribution in [3.63, 3.8) is 0 Å². The Morgan fingerprint density at radius 1 is 1.00 bits per heavy atom. The van der Waals surface area contributed by atoms with Crippen molar-refractivity contribution in [2.45, 2.75) is 47.0 Å². The summed E-state index contributed by atoms with van der Waals surface area (Å²) in [6.45, 7) is 11.7. The molecule has 0 aliphatic carbocycles. The van der Waals surface area contributed by atoms with E-state index < -0.39 is 0 Å². The van der Waals surface area contributed by atoms with E-state index in [9.17, 15) is 9.59 Å². The molecule has 138 valence electrons. The lowest BCUT2D eigenvalue weighted by atomic mass is 9.85. The fourth-order valence-corrected chi connectivity index (χ4v) is 3.10. The first-order valence-electron chi connectivity index (χ1n) is 8.83. The number of para-hydroxylation sites is 1. The molecule has 4 heteroatoms. The number of carbonyl (C=O) groups is 2. The molecule has 0 saturated carbocycles. The van der Waals surface area contributed by atoms with Crippen molar-refractivity contribution in [3.8, 4) is 0 Å². The zero-order valence-electron chi connectivity index (χ0n) is 16.5. The van der Waals surface area contributed by atoms with E-state index in [1.54, 1.807) is 4.90 Å². The zero-order chi connectivity index (χ0) is 19.5. The van der Waals surface area contributed by atoms with Gasteiger partial charge in [-0.15, -0.1) is 0 Å². The van der Waals surface area contributed by atoms with Crippen LogP contribution >= 0.6 is 0 Å². The summed E-state index contributed by atoms with van der Waals surface area (Å²) in [6.07, 6.45) is 0. The van der Waals surface area contributed by atoms with Gasteiger partial charge in [0.25, 0.3) is 0 Å². The number of nitrogens with zero attached hydrogens (tertiary/aromatic N) is 1. The molecular weight excluding hydrogens is 324 g/mol. The van der Waals surface area contributed by atoms with Gasteiger partial charge in [0.05, 0.1) is 0 Å². The van der Waals surface area contributed by atoms with E-state index in [0.29, 0.717) is 0 Å². The molecule has 2 aromatic carbocycles. The lowest BCUT2D eigenvalue weighted by Gasteiger charge is -2.29. The summed E-state index contributed by atoms with van der Waals surface area (Å²) in [7, 11) is 0. The largest absolute Gasteiger partial charge is 0.325 e. The Hall–Kier alpha value is -2.62. The fourth-order valence-electron chi connectivity index (χ4n) is 3.10. The van der Waals surface area contributed by atoms with Gasteiger partial charge in [0.1, 0.15) is 6.54 Å². The van der Waals surface area contributed by atoms with Crippen molar-refractivity contribution in [3.05, 3.63) is 59.2 Å². The van der Waals surface area contributed by atoms with Crippen molar-refractivity contribution in [2.75, 3.05) is 16.8 Å². The Morgan fingerprint density at radius 3 is 2.12 bits per heavy atom. The number of anilines is 2. The van der Waals surface area contributed by atoms with Crippen molar-refractivity contribution < 1.29 is 9.59 Å². The van der Waals surface area contributed by atoms with Crippen LogP contribution in [0.15, 0.2) is 42.5 Å². The minimum Gasteiger partial charge on any atom is -0.325 e. The summed E-state index contributed by atoms with van der Waals surface area (Å²) in [6, 6.07) is 13.6. The SMILES string of the molecule is CC(=O)N(CC(=O)Nc1cc(C)cc(C)c1)c1ccccc1C(C)(C)C. The summed E-state index contributed by atoms with van der Waals surface area (Å²) < 4.78 is 0. The minimum atomic E-state index is -0.214. The Balaban J connectivity index is 2.27. The van der Waals surface area contributed by atoms with E-state index in [1.807, 2.05) is 50.2 Å². The normalized spacial score (nSPS) is 11.2. The highest BCUT2D eigenvalue weighted by Gasteiger charge is 2.24. The van der Waals surface area contributed by atoms with Gasteiger partial charge in [-0.2, -0.15) is 0 Å². The fraction of sp³-hybridized carbons (Fsp3) is 0.364. The molecule has 0 atom stereocenters. The van der Waals surface area contributed by atoms with Crippen LogP contribution in [0.4, 0.5) is 11.4 Å². The van der Waals surface area contributed by atoms with E-state index in [1.165, 1.54) is 6.92 Å².